The second-order valence-corrected chi connectivity index (χ2v) is 4.79. The first-order chi connectivity index (χ1) is 9.15. The lowest BCUT2D eigenvalue weighted by Crippen LogP contribution is -2.24. The molecule has 5 heteroatoms. The van der Waals surface area contributed by atoms with Gasteiger partial charge in [-0.15, -0.1) is 0 Å². The van der Waals surface area contributed by atoms with Crippen LogP contribution in [0.3, 0.4) is 0 Å². The van der Waals surface area contributed by atoms with Crippen molar-refractivity contribution in [1.29, 1.82) is 0 Å². The minimum absolute atomic E-state index is 0.0714. The van der Waals surface area contributed by atoms with E-state index in [-0.39, 0.29) is 12.5 Å². The maximum absolute atomic E-state index is 11.6. The maximum Gasteiger partial charge on any atom is 0.220 e. The topological polar surface area (TPSA) is 75.4 Å². The van der Waals surface area contributed by atoms with Crippen LogP contribution in [0.4, 0.5) is 0 Å². The van der Waals surface area contributed by atoms with Gasteiger partial charge < -0.3 is 14.9 Å². The molecule has 0 saturated carbocycles. The second kappa shape index (κ2) is 8.69. The lowest BCUT2D eigenvalue weighted by atomic mass is 10.1. The number of aliphatic hydroxyl groups excluding tert-OH is 1. The molecule has 108 valence electrons. The van der Waals surface area contributed by atoms with E-state index >= 15 is 0 Å². The van der Waals surface area contributed by atoms with E-state index in [0.717, 1.165) is 42.7 Å². The standard InChI is InChI=1S/C14H24N2O3/c1-11-13(12(2)19-16-11)7-8-14(18)15-9-5-3-4-6-10-17/h17H,3-10H2,1-2H3,(H,15,18). The van der Waals surface area contributed by atoms with Crippen molar-refractivity contribution in [2.24, 2.45) is 0 Å². The molecule has 19 heavy (non-hydrogen) atoms. The average molecular weight is 268 g/mol. The molecule has 0 spiro atoms. The minimum atomic E-state index is 0.0714. The third-order valence-corrected chi connectivity index (χ3v) is 3.19. The molecule has 0 saturated heterocycles. The Morgan fingerprint density at radius 3 is 2.63 bits per heavy atom. The van der Waals surface area contributed by atoms with E-state index in [9.17, 15) is 4.79 Å². The van der Waals surface area contributed by atoms with Gasteiger partial charge in [0, 0.05) is 25.1 Å². The molecule has 0 fully saturated rings. The quantitative estimate of drug-likeness (QED) is 0.671. The van der Waals surface area contributed by atoms with Crippen molar-refractivity contribution in [2.75, 3.05) is 13.2 Å². The van der Waals surface area contributed by atoms with Crippen molar-refractivity contribution >= 4 is 5.91 Å². The van der Waals surface area contributed by atoms with Crippen LogP contribution in [-0.2, 0) is 11.2 Å². The molecule has 5 nitrogen and oxygen atoms in total. The van der Waals surface area contributed by atoms with Crippen molar-refractivity contribution in [3.05, 3.63) is 17.0 Å². The van der Waals surface area contributed by atoms with Crippen LogP contribution in [0.25, 0.3) is 0 Å². The summed E-state index contributed by atoms with van der Waals surface area (Å²) < 4.78 is 5.06. The summed E-state index contributed by atoms with van der Waals surface area (Å²) in [5.41, 5.74) is 1.91. The smallest absolute Gasteiger partial charge is 0.220 e. The number of nitrogens with zero attached hydrogens (tertiary/aromatic N) is 1. The minimum Gasteiger partial charge on any atom is -0.396 e. The van der Waals surface area contributed by atoms with Gasteiger partial charge in [-0.2, -0.15) is 0 Å². The van der Waals surface area contributed by atoms with E-state index in [1.54, 1.807) is 0 Å². The summed E-state index contributed by atoms with van der Waals surface area (Å²) in [5, 5.41) is 15.4. The van der Waals surface area contributed by atoms with Gasteiger partial charge in [-0.05, 0) is 33.1 Å². The highest BCUT2D eigenvalue weighted by molar-refractivity contribution is 5.76. The number of rotatable bonds is 9. The molecule has 1 heterocycles. The Morgan fingerprint density at radius 1 is 1.26 bits per heavy atom. The van der Waals surface area contributed by atoms with Crippen molar-refractivity contribution < 1.29 is 14.4 Å². The van der Waals surface area contributed by atoms with Gasteiger partial charge in [-0.1, -0.05) is 18.0 Å². The van der Waals surface area contributed by atoms with Crippen LogP contribution in [0.5, 0.6) is 0 Å². The number of amides is 1. The molecule has 1 rings (SSSR count). The molecule has 0 bridgehead atoms. The van der Waals surface area contributed by atoms with Crippen molar-refractivity contribution in [1.82, 2.24) is 10.5 Å². The second-order valence-electron chi connectivity index (χ2n) is 4.79. The van der Waals surface area contributed by atoms with Crippen LogP contribution in [0.2, 0.25) is 0 Å². The molecule has 1 aromatic rings. The molecule has 0 aromatic carbocycles. The van der Waals surface area contributed by atoms with Crippen LogP contribution in [0.1, 0.15) is 49.1 Å². The normalized spacial score (nSPS) is 10.7. The maximum atomic E-state index is 11.6. The first-order valence-electron chi connectivity index (χ1n) is 6.94. The summed E-state index contributed by atoms with van der Waals surface area (Å²) >= 11 is 0. The van der Waals surface area contributed by atoms with Crippen LogP contribution in [-0.4, -0.2) is 29.3 Å². The highest BCUT2D eigenvalue weighted by atomic mass is 16.5. The molecule has 0 unspecified atom stereocenters. The fraction of sp³-hybridized carbons (Fsp3) is 0.714. The summed E-state index contributed by atoms with van der Waals surface area (Å²) in [6, 6.07) is 0. The van der Waals surface area contributed by atoms with Gasteiger partial charge in [0.1, 0.15) is 5.76 Å². The molecule has 0 aliphatic rings. The van der Waals surface area contributed by atoms with Gasteiger partial charge in [-0.3, -0.25) is 4.79 Å². The molecular weight excluding hydrogens is 244 g/mol. The number of carbonyl (C=O) groups is 1. The lowest BCUT2D eigenvalue weighted by Gasteiger charge is -2.05. The van der Waals surface area contributed by atoms with E-state index in [1.165, 1.54) is 0 Å². The Bertz CT molecular complexity index is 369. The predicted molar refractivity (Wildman–Crippen MR) is 72.9 cm³/mol. The Hall–Kier alpha value is -1.36. The molecule has 0 radical (unpaired) electrons. The zero-order valence-electron chi connectivity index (χ0n) is 11.9. The summed E-state index contributed by atoms with van der Waals surface area (Å²) in [6.07, 6.45) is 5.03. The highest BCUT2D eigenvalue weighted by Gasteiger charge is 2.10. The fourth-order valence-corrected chi connectivity index (χ4v) is 2.00. The van der Waals surface area contributed by atoms with Crippen LogP contribution in [0, 0.1) is 13.8 Å². The van der Waals surface area contributed by atoms with E-state index in [0.29, 0.717) is 19.4 Å². The van der Waals surface area contributed by atoms with Gasteiger partial charge in [0.15, 0.2) is 0 Å². The Morgan fingerprint density at radius 2 is 2.00 bits per heavy atom. The number of hydrogen-bond donors (Lipinski definition) is 2. The molecule has 0 atom stereocenters. The number of aromatic nitrogens is 1. The van der Waals surface area contributed by atoms with E-state index in [4.69, 9.17) is 9.63 Å². The van der Waals surface area contributed by atoms with Crippen molar-refractivity contribution in [3.63, 3.8) is 0 Å². The monoisotopic (exact) mass is 268 g/mol. The van der Waals surface area contributed by atoms with Crippen molar-refractivity contribution in [2.45, 2.75) is 52.4 Å². The third-order valence-electron chi connectivity index (χ3n) is 3.19. The molecule has 2 N–H and O–H groups in total. The van der Waals surface area contributed by atoms with Crippen LogP contribution < -0.4 is 5.32 Å². The van der Waals surface area contributed by atoms with Crippen molar-refractivity contribution in [3.8, 4) is 0 Å². The van der Waals surface area contributed by atoms with Gasteiger partial charge >= 0.3 is 0 Å². The summed E-state index contributed by atoms with van der Waals surface area (Å²) in [5.74, 6) is 0.872. The van der Waals surface area contributed by atoms with Gasteiger partial charge in [0.25, 0.3) is 0 Å². The van der Waals surface area contributed by atoms with E-state index < -0.39 is 0 Å². The average Bonchev–Trinajstić information content (AvgIpc) is 2.71. The molecule has 1 amide bonds. The highest BCUT2D eigenvalue weighted by Crippen LogP contribution is 2.14. The summed E-state index contributed by atoms with van der Waals surface area (Å²) in [4.78, 5) is 11.6. The van der Waals surface area contributed by atoms with Gasteiger partial charge in [0.05, 0.1) is 5.69 Å². The Labute approximate surface area is 114 Å². The third kappa shape index (κ3) is 5.87. The molecular formula is C14H24N2O3. The Kier molecular flexibility index (Phi) is 7.18. The van der Waals surface area contributed by atoms with Gasteiger partial charge in [-0.25, -0.2) is 0 Å². The number of aliphatic hydroxyl groups is 1. The predicted octanol–water partition coefficient (Wildman–Crippen LogP) is 1.89. The molecule has 1 aromatic heterocycles. The molecule has 0 aliphatic heterocycles. The molecule has 0 aliphatic carbocycles. The fourth-order valence-electron chi connectivity index (χ4n) is 2.00. The number of aryl methyl sites for hydroxylation is 2. The largest absolute Gasteiger partial charge is 0.396 e. The van der Waals surface area contributed by atoms with E-state index in [2.05, 4.69) is 10.5 Å². The number of unbranched alkanes of at least 4 members (excludes halogenated alkanes) is 3. The zero-order valence-corrected chi connectivity index (χ0v) is 11.9. The number of hydrogen-bond acceptors (Lipinski definition) is 4. The lowest BCUT2D eigenvalue weighted by molar-refractivity contribution is -0.121. The first-order valence-corrected chi connectivity index (χ1v) is 6.94. The van der Waals surface area contributed by atoms with Crippen LogP contribution in [0.15, 0.2) is 4.52 Å². The van der Waals surface area contributed by atoms with Gasteiger partial charge in [0.2, 0.25) is 5.91 Å². The summed E-state index contributed by atoms with van der Waals surface area (Å²) in [6.45, 7) is 4.73. The number of nitrogens with one attached hydrogen (secondary N) is 1. The zero-order chi connectivity index (χ0) is 14.1. The first kappa shape index (κ1) is 15.7. The number of carbonyl (C=O) groups excluding carboxylic acids is 1. The van der Waals surface area contributed by atoms with Crippen LogP contribution >= 0.6 is 0 Å². The SMILES string of the molecule is Cc1noc(C)c1CCC(=O)NCCCCCCO. The Balaban J connectivity index is 2.11. The summed E-state index contributed by atoms with van der Waals surface area (Å²) in [7, 11) is 0. The van der Waals surface area contributed by atoms with E-state index in [1.807, 2.05) is 13.8 Å².